The van der Waals surface area contributed by atoms with Gasteiger partial charge in [0.2, 0.25) is 0 Å². The summed E-state index contributed by atoms with van der Waals surface area (Å²) in [5.74, 6) is -0.301. The van der Waals surface area contributed by atoms with Crippen LogP contribution in [0.25, 0.3) is 0 Å². The summed E-state index contributed by atoms with van der Waals surface area (Å²) in [6, 6.07) is 6.73. The first kappa shape index (κ1) is 14.5. The van der Waals surface area contributed by atoms with Gasteiger partial charge >= 0.3 is 0 Å². The Bertz CT molecular complexity index is 553. The fourth-order valence-electron chi connectivity index (χ4n) is 2.11. The van der Waals surface area contributed by atoms with E-state index in [0.29, 0.717) is 5.02 Å². The number of rotatable bonds is 5. The first-order valence-electron chi connectivity index (χ1n) is 6.35. The second kappa shape index (κ2) is 6.51. The molecule has 0 aliphatic carbocycles. The van der Waals surface area contributed by atoms with Crippen LogP contribution in [0.5, 0.6) is 0 Å². The predicted molar refractivity (Wildman–Crippen MR) is 80.6 cm³/mol. The van der Waals surface area contributed by atoms with Crippen molar-refractivity contribution in [3.05, 3.63) is 56.5 Å². The van der Waals surface area contributed by atoms with Crippen LogP contribution in [0.2, 0.25) is 5.02 Å². The van der Waals surface area contributed by atoms with Crippen molar-refractivity contribution in [3.8, 4) is 0 Å². The van der Waals surface area contributed by atoms with Gasteiger partial charge in [-0.1, -0.05) is 24.6 Å². The van der Waals surface area contributed by atoms with Crippen molar-refractivity contribution in [1.82, 2.24) is 5.32 Å². The molecule has 4 heteroatoms. The minimum absolute atomic E-state index is 0.0271. The van der Waals surface area contributed by atoms with Crippen LogP contribution in [0.15, 0.2) is 29.6 Å². The van der Waals surface area contributed by atoms with Gasteiger partial charge in [-0.3, -0.25) is 0 Å². The van der Waals surface area contributed by atoms with Crippen molar-refractivity contribution < 1.29 is 4.39 Å². The summed E-state index contributed by atoms with van der Waals surface area (Å²) in [4.78, 5) is 1.26. The van der Waals surface area contributed by atoms with Crippen LogP contribution < -0.4 is 5.32 Å². The van der Waals surface area contributed by atoms with Gasteiger partial charge in [0, 0.05) is 9.90 Å². The van der Waals surface area contributed by atoms with Gasteiger partial charge in [-0.05, 0) is 54.6 Å². The van der Waals surface area contributed by atoms with E-state index in [1.165, 1.54) is 22.6 Å². The highest BCUT2D eigenvalue weighted by Crippen LogP contribution is 2.32. The predicted octanol–water partition coefficient (Wildman–Crippen LogP) is 4.94. The van der Waals surface area contributed by atoms with Gasteiger partial charge in [0.15, 0.2) is 0 Å². The smallest absolute Gasteiger partial charge is 0.124 e. The van der Waals surface area contributed by atoms with Crippen LogP contribution in [-0.2, 0) is 0 Å². The highest BCUT2D eigenvalue weighted by molar-refractivity contribution is 7.10. The molecule has 102 valence electrons. The fourth-order valence-corrected chi connectivity index (χ4v) is 3.12. The minimum Gasteiger partial charge on any atom is -0.306 e. The van der Waals surface area contributed by atoms with E-state index in [-0.39, 0.29) is 11.9 Å². The molecule has 0 aliphatic rings. The lowest BCUT2D eigenvalue weighted by molar-refractivity contribution is 0.593. The Balaban J connectivity index is 2.40. The van der Waals surface area contributed by atoms with E-state index >= 15 is 0 Å². The summed E-state index contributed by atoms with van der Waals surface area (Å²) in [7, 11) is 0. The molecule has 1 unspecified atom stereocenters. The summed E-state index contributed by atoms with van der Waals surface area (Å²) in [5, 5.41) is 6.03. The topological polar surface area (TPSA) is 12.0 Å². The molecule has 19 heavy (non-hydrogen) atoms. The molecule has 0 aliphatic heterocycles. The molecule has 1 aromatic carbocycles. The van der Waals surface area contributed by atoms with Gasteiger partial charge < -0.3 is 5.32 Å². The molecule has 0 radical (unpaired) electrons. The second-order valence-electron chi connectivity index (χ2n) is 4.49. The molecule has 2 rings (SSSR count). The highest BCUT2D eigenvalue weighted by Gasteiger charge is 2.19. The molecular weight excluding hydrogens is 281 g/mol. The molecule has 0 bridgehead atoms. The summed E-state index contributed by atoms with van der Waals surface area (Å²) in [6.45, 7) is 5.11. The van der Waals surface area contributed by atoms with E-state index in [1.54, 1.807) is 17.4 Å². The zero-order valence-electron chi connectivity index (χ0n) is 11.0. The molecule has 1 N–H and O–H groups in total. The average molecular weight is 298 g/mol. The summed E-state index contributed by atoms with van der Waals surface area (Å²) in [5.41, 5.74) is 2.14. The molecule has 1 atom stereocenters. The fraction of sp³-hybridized carbons (Fsp3) is 0.333. The number of halogens is 2. The highest BCUT2D eigenvalue weighted by atomic mass is 35.5. The van der Waals surface area contributed by atoms with E-state index in [0.717, 1.165) is 18.5 Å². The largest absolute Gasteiger partial charge is 0.306 e. The number of benzene rings is 1. The maximum absolute atomic E-state index is 13.2. The van der Waals surface area contributed by atoms with Crippen molar-refractivity contribution in [2.24, 2.45) is 0 Å². The Morgan fingerprint density at radius 1 is 1.32 bits per heavy atom. The first-order valence-corrected chi connectivity index (χ1v) is 7.61. The van der Waals surface area contributed by atoms with Gasteiger partial charge in [-0.25, -0.2) is 4.39 Å². The molecule has 2 aromatic rings. The van der Waals surface area contributed by atoms with Crippen LogP contribution >= 0.6 is 22.9 Å². The number of aryl methyl sites for hydroxylation is 1. The first-order chi connectivity index (χ1) is 9.13. The quantitative estimate of drug-likeness (QED) is 0.824. The minimum atomic E-state index is -0.301. The van der Waals surface area contributed by atoms with E-state index in [9.17, 15) is 4.39 Å². The summed E-state index contributed by atoms with van der Waals surface area (Å²) >= 11 is 7.91. The Morgan fingerprint density at radius 3 is 2.68 bits per heavy atom. The van der Waals surface area contributed by atoms with Crippen molar-refractivity contribution in [2.75, 3.05) is 6.54 Å². The summed E-state index contributed by atoms with van der Waals surface area (Å²) in [6.07, 6.45) is 1.04. The normalized spacial score (nSPS) is 12.6. The Morgan fingerprint density at radius 2 is 2.11 bits per heavy atom. The number of hydrogen-bond donors (Lipinski definition) is 1. The van der Waals surface area contributed by atoms with E-state index in [1.807, 2.05) is 0 Å². The van der Waals surface area contributed by atoms with Crippen molar-refractivity contribution >= 4 is 22.9 Å². The maximum atomic E-state index is 13.2. The number of nitrogens with one attached hydrogen (secondary N) is 1. The van der Waals surface area contributed by atoms with Gasteiger partial charge in [0.25, 0.3) is 0 Å². The monoisotopic (exact) mass is 297 g/mol. The van der Waals surface area contributed by atoms with E-state index in [2.05, 4.69) is 30.6 Å². The molecule has 1 nitrogen and oxygen atoms in total. The molecule has 1 heterocycles. The maximum Gasteiger partial charge on any atom is 0.124 e. The van der Waals surface area contributed by atoms with Crippen LogP contribution in [0, 0.1) is 12.7 Å². The zero-order chi connectivity index (χ0) is 13.8. The average Bonchev–Trinajstić information content (AvgIpc) is 2.78. The third-order valence-electron chi connectivity index (χ3n) is 3.08. The Kier molecular flexibility index (Phi) is 4.97. The SMILES string of the molecule is CCCNC(c1ccc(F)cc1Cl)c1ccsc1C. The van der Waals surface area contributed by atoms with Crippen molar-refractivity contribution in [2.45, 2.75) is 26.3 Å². The van der Waals surface area contributed by atoms with E-state index in [4.69, 9.17) is 11.6 Å². The molecule has 0 saturated heterocycles. The standard InChI is InChI=1S/C15H17ClFNS/c1-3-7-18-15(12-6-8-19-10(12)2)13-5-4-11(17)9-14(13)16/h4-6,8-9,15,18H,3,7H2,1-2H3. The molecule has 0 spiro atoms. The lowest BCUT2D eigenvalue weighted by atomic mass is 9.99. The Hall–Kier alpha value is -0.900. The zero-order valence-corrected chi connectivity index (χ0v) is 12.6. The van der Waals surface area contributed by atoms with Crippen LogP contribution in [0.4, 0.5) is 4.39 Å². The molecule has 0 saturated carbocycles. The number of thiophene rings is 1. The third-order valence-corrected chi connectivity index (χ3v) is 4.27. The van der Waals surface area contributed by atoms with Crippen LogP contribution in [0.1, 0.15) is 35.4 Å². The molecular formula is C15H17ClFNS. The van der Waals surface area contributed by atoms with E-state index < -0.39 is 0 Å². The third kappa shape index (κ3) is 3.35. The second-order valence-corrected chi connectivity index (χ2v) is 6.01. The van der Waals surface area contributed by atoms with Gasteiger partial charge in [0.1, 0.15) is 5.82 Å². The number of hydrogen-bond acceptors (Lipinski definition) is 2. The summed E-state index contributed by atoms with van der Waals surface area (Å²) < 4.78 is 13.2. The lowest BCUT2D eigenvalue weighted by Gasteiger charge is -2.20. The van der Waals surface area contributed by atoms with Crippen LogP contribution in [-0.4, -0.2) is 6.54 Å². The lowest BCUT2D eigenvalue weighted by Crippen LogP contribution is -2.23. The van der Waals surface area contributed by atoms with Crippen molar-refractivity contribution in [1.29, 1.82) is 0 Å². The van der Waals surface area contributed by atoms with Gasteiger partial charge in [-0.15, -0.1) is 11.3 Å². The van der Waals surface area contributed by atoms with Crippen molar-refractivity contribution in [3.63, 3.8) is 0 Å². The molecule has 1 aromatic heterocycles. The molecule has 0 fully saturated rings. The van der Waals surface area contributed by atoms with Gasteiger partial charge in [-0.2, -0.15) is 0 Å². The Labute approximate surface area is 122 Å². The van der Waals surface area contributed by atoms with Gasteiger partial charge in [0.05, 0.1) is 6.04 Å². The van der Waals surface area contributed by atoms with Crippen LogP contribution in [0.3, 0.4) is 0 Å². The molecule has 0 amide bonds.